The normalized spacial score (nSPS) is 12.5. The minimum atomic E-state index is -0.217. The molecule has 1 unspecified atom stereocenters. The van der Waals surface area contributed by atoms with Gasteiger partial charge in [-0.2, -0.15) is 0 Å². The van der Waals surface area contributed by atoms with Crippen molar-refractivity contribution in [2.45, 2.75) is 20.8 Å². The summed E-state index contributed by atoms with van der Waals surface area (Å²) in [5, 5.41) is 3.27. The maximum atomic E-state index is 12.8. The largest absolute Gasteiger partial charge is 0.493 e. The monoisotopic (exact) mass is 225 g/mol. The van der Waals surface area contributed by atoms with E-state index in [1.54, 1.807) is 6.07 Å². The third kappa shape index (κ3) is 4.19. The van der Waals surface area contributed by atoms with Crippen LogP contribution in [0.15, 0.2) is 18.2 Å². The molecule has 90 valence electrons. The lowest BCUT2D eigenvalue weighted by Crippen LogP contribution is -2.24. The molecular weight excluding hydrogens is 205 g/mol. The third-order valence-electron chi connectivity index (χ3n) is 2.40. The van der Waals surface area contributed by atoms with E-state index in [2.05, 4.69) is 19.2 Å². The summed E-state index contributed by atoms with van der Waals surface area (Å²) >= 11 is 0. The molecule has 3 heteroatoms. The van der Waals surface area contributed by atoms with Crippen LogP contribution < -0.4 is 10.1 Å². The molecule has 0 aliphatic rings. The van der Waals surface area contributed by atoms with Crippen molar-refractivity contribution < 1.29 is 9.13 Å². The number of rotatable bonds is 6. The highest BCUT2D eigenvalue weighted by Crippen LogP contribution is 2.18. The summed E-state index contributed by atoms with van der Waals surface area (Å²) in [6, 6.07) is 4.60. The maximum Gasteiger partial charge on any atom is 0.123 e. The van der Waals surface area contributed by atoms with E-state index < -0.39 is 0 Å². The highest BCUT2D eigenvalue weighted by Gasteiger charge is 2.05. The summed E-state index contributed by atoms with van der Waals surface area (Å²) in [5.41, 5.74) is 0.843. The number of aryl methyl sites for hydroxylation is 1. The molecule has 1 aromatic rings. The van der Waals surface area contributed by atoms with Gasteiger partial charge in [0.15, 0.2) is 0 Å². The Morgan fingerprint density at radius 2 is 2.19 bits per heavy atom. The highest BCUT2D eigenvalue weighted by molar-refractivity contribution is 5.32. The van der Waals surface area contributed by atoms with Gasteiger partial charge in [-0.05, 0) is 37.2 Å². The van der Waals surface area contributed by atoms with E-state index in [1.165, 1.54) is 12.1 Å². The summed E-state index contributed by atoms with van der Waals surface area (Å²) in [5.74, 6) is 1.000. The first-order valence-corrected chi connectivity index (χ1v) is 5.73. The van der Waals surface area contributed by atoms with Gasteiger partial charge in [-0.1, -0.05) is 13.8 Å². The molecule has 0 amide bonds. The fourth-order valence-corrected chi connectivity index (χ4v) is 1.46. The molecule has 1 rings (SSSR count). The van der Waals surface area contributed by atoms with Gasteiger partial charge in [-0.3, -0.25) is 0 Å². The number of nitrogens with one attached hydrogen (secondary N) is 1. The molecule has 1 atom stereocenters. The second-order valence-corrected chi connectivity index (χ2v) is 4.13. The summed E-state index contributed by atoms with van der Waals surface area (Å²) in [7, 11) is 0. The zero-order valence-electron chi connectivity index (χ0n) is 10.2. The minimum Gasteiger partial charge on any atom is -0.493 e. The van der Waals surface area contributed by atoms with Crippen LogP contribution in [0.5, 0.6) is 5.75 Å². The number of halogens is 1. The predicted molar refractivity (Wildman–Crippen MR) is 64.3 cm³/mol. The lowest BCUT2D eigenvalue weighted by atomic mass is 10.2. The smallest absolute Gasteiger partial charge is 0.123 e. The molecule has 0 fully saturated rings. The van der Waals surface area contributed by atoms with E-state index in [4.69, 9.17) is 4.74 Å². The van der Waals surface area contributed by atoms with Crippen molar-refractivity contribution in [1.29, 1.82) is 0 Å². The van der Waals surface area contributed by atoms with Crippen molar-refractivity contribution in [3.63, 3.8) is 0 Å². The van der Waals surface area contributed by atoms with Crippen molar-refractivity contribution >= 4 is 0 Å². The minimum absolute atomic E-state index is 0.217. The van der Waals surface area contributed by atoms with Crippen LogP contribution in [0.1, 0.15) is 19.4 Å². The first-order valence-electron chi connectivity index (χ1n) is 5.73. The zero-order chi connectivity index (χ0) is 12.0. The molecule has 1 N–H and O–H groups in total. The Kier molecular flexibility index (Phi) is 5.26. The number of ether oxygens (including phenoxy) is 1. The van der Waals surface area contributed by atoms with Gasteiger partial charge in [0.25, 0.3) is 0 Å². The van der Waals surface area contributed by atoms with Crippen LogP contribution in [0.2, 0.25) is 0 Å². The van der Waals surface area contributed by atoms with Gasteiger partial charge in [0.05, 0.1) is 6.61 Å². The average Bonchev–Trinajstić information content (AvgIpc) is 2.25. The standard InChI is InChI=1S/C13H20FNO/c1-4-15-8-10(2)9-16-13-6-5-12(14)7-11(13)3/h5-7,10,15H,4,8-9H2,1-3H3. The van der Waals surface area contributed by atoms with Crippen molar-refractivity contribution in [2.75, 3.05) is 19.7 Å². The summed E-state index contributed by atoms with van der Waals surface area (Å²) in [4.78, 5) is 0. The van der Waals surface area contributed by atoms with E-state index >= 15 is 0 Å². The van der Waals surface area contributed by atoms with E-state index in [0.29, 0.717) is 12.5 Å². The average molecular weight is 225 g/mol. The van der Waals surface area contributed by atoms with Gasteiger partial charge in [0.1, 0.15) is 11.6 Å². The quantitative estimate of drug-likeness (QED) is 0.803. The predicted octanol–water partition coefficient (Wildman–Crippen LogP) is 2.76. The van der Waals surface area contributed by atoms with Crippen LogP contribution in [-0.2, 0) is 0 Å². The lowest BCUT2D eigenvalue weighted by molar-refractivity contribution is 0.254. The van der Waals surface area contributed by atoms with Crippen molar-refractivity contribution in [3.8, 4) is 5.75 Å². The second kappa shape index (κ2) is 6.48. The number of hydrogen-bond acceptors (Lipinski definition) is 2. The molecule has 0 saturated carbocycles. The molecule has 1 aromatic carbocycles. The van der Waals surface area contributed by atoms with E-state index in [1.807, 2.05) is 6.92 Å². The summed E-state index contributed by atoms with van der Waals surface area (Å²) in [6.45, 7) is 8.63. The molecule has 2 nitrogen and oxygen atoms in total. The van der Waals surface area contributed by atoms with Crippen LogP contribution in [-0.4, -0.2) is 19.7 Å². The Balaban J connectivity index is 2.42. The molecule has 0 saturated heterocycles. The number of hydrogen-bond donors (Lipinski definition) is 1. The number of benzene rings is 1. The van der Waals surface area contributed by atoms with Gasteiger partial charge >= 0.3 is 0 Å². The van der Waals surface area contributed by atoms with Crippen LogP contribution in [0, 0.1) is 18.7 Å². The van der Waals surface area contributed by atoms with Crippen LogP contribution >= 0.6 is 0 Å². The Labute approximate surface area is 96.8 Å². The van der Waals surface area contributed by atoms with E-state index in [-0.39, 0.29) is 5.82 Å². The van der Waals surface area contributed by atoms with Gasteiger partial charge in [0, 0.05) is 12.5 Å². The Bertz CT molecular complexity index is 328. The summed E-state index contributed by atoms with van der Waals surface area (Å²) in [6.07, 6.45) is 0. The van der Waals surface area contributed by atoms with Crippen LogP contribution in [0.25, 0.3) is 0 Å². The molecule has 0 aliphatic heterocycles. The third-order valence-corrected chi connectivity index (χ3v) is 2.40. The van der Waals surface area contributed by atoms with Crippen LogP contribution in [0.4, 0.5) is 4.39 Å². The van der Waals surface area contributed by atoms with Crippen molar-refractivity contribution in [1.82, 2.24) is 5.32 Å². The van der Waals surface area contributed by atoms with Gasteiger partial charge in [-0.15, -0.1) is 0 Å². The Hall–Kier alpha value is -1.09. The molecule has 0 aliphatic carbocycles. The fourth-order valence-electron chi connectivity index (χ4n) is 1.46. The Morgan fingerprint density at radius 1 is 1.44 bits per heavy atom. The maximum absolute atomic E-state index is 12.8. The Morgan fingerprint density at radius 3 is 2.81 bits per heavy atom. The van der Waals surface area contributed by atoms with Crippen LogP contribution in [0.3, 0.4) is 0 Å². The molecule has 0 radical (unpaired) electrons. The molecule has 0 aromatic heterocycles. The van der Waals surface area contributed by atoms with Gasteiger partial charge < -0.3 is 10.1 Å². The van der Waals surface area contributed by atoms with Crippen molar-refractivity contribution in [2.24, 2.45) is 5.92 Å². The highest BCUT2D eigenvalue weighted by atomic mass is 19.1. The molecule has 0 spiro atoms. The lowest BCUT2D eigenvalue weighted by Gasteiger charge is -2.14. The van der Waals surface area contributed by atoms with E-state index in [9.17, 15) is 4.39 Å². The zero-order valence-corrected chi connectivity index (χ0v) is 10.2. The fraction of sp³-hybridized carbons (Fsp3) is 0.538. The molecule has 0 heterocycles. The molecule has 0 bridgehead atoms. The van der Waals surface area contributed by atoms with Gasteiger partial charge in [0.2, 0.25) is 0 Å². The first kappa shape index (κ1) is 13.0. The second-order valence-electron chi connectivity index (χ2n) is 4.13. The molecule has 16 heavy (non-hydrogen) atoms. The SMILES string of the molecule is CCNCC(C)COc1ccc(F)cc1C. The topological polar surface area (TPSA) is 21.3 Å². The van der Waals surface area contributed by atoms with Gasteiger partial charge in [-0.25, -0.2) is 4.39 Å². The molecular formula is C13H20FNO. The van der Waals surface area contributed by atoms with Crippen molar-refractivity contribution in [3.05, 3.63) is 29.6 Å². The first-order chi connectivity index (χ1) is 7.63. The van der Waals surface area contributed by atoms with E-state index in [0.717, 1.165) is 24.4 Å². The summed E-state index contributed by atoms with van der Waals surface area (Å²) < 4.78 is 18.5.